The summed E-state index contributed by atoms with van der Waals surface area (Å²) in [4.78, 5) is 0. The number of halogens is 4. The van der Waals surface area contributed by atoms with Crippen LogP contribution < -0.4 is 5.73 Å². The van der Waals surface area contributed by atoms with E-state index >= 15 is 0 Å². The van der Waals surface area contributed by atoms with Crippen LogP contribution in [0.4, 0.5) is 17.6 Å². The molecule has 0 rings (SSSR count). The maximum absolute atomic E-state index is 12.4. The van der Waals surface area contributed by atoms with Crippen LogP contribution in [0.3, 0.4) is 0 Å². The zero-order chi connectivity index (χ0) is 12.6. The van der Waals surface area contributed by atoms with Crippen LogP contribution in [-0.4, -0.2) is 45.3 Å². The summed E-state index contributed by atoms with van der Waals surface area (Å²) in [6.07, 6.45) is -2.50. The molecule has 0 heterocycles. The van der Waals surface area contributed by atoms with Gasteiger partial charge < -0.3 is 15.2 Å². The maximum atomic E-state index is 12.4. The van der Waals surface area contributed by atoms with Gasteiger partial charge in [-0.25, -0.2) is 8.78 Å². The number of rotatable bonds is 9. The van der Waals surface area contributed by atoms with Gasteiger partial charge in [0.05, 0.1) is 6.61 Å². The first kappa shape index (κ1) is 15.6. The molecule has 0 radical (unpaired) electrons. The van der Waals surface area contributed by atoms with Crippen molar-refractivity contribution in [2.24, 2.45) is 5.73 Å². The first-order valence-electron chi connectivity index (χ1n) is 4.88. The van der Waals surface area contributed by atoms with Crippen molar-refractivity contribution in [3.05, 3.63) is 0 Å². The molecule has 7 heteroatoms. The molecule has 0 spiro atoms. The first-order chi connectivity index (χ1) is 7.40. The van der Waals surface area contributed by atoms with Gasteiger partial charge in [0.1, 0.15) is 6.61 Å². The second-order valence-corrected chi connectivity index (χ2v) is 3.47. The summed E-state index contributed by atoms with van der Waals surface area (Å²) in [5, 5.41) is 0. The topological polar surface area (TPSA) is 44.5 Å². The van der Waals surface area contributed by atoms with Gasteiger partial charge in [-0.15, -0.1) is 0 Å². The third-order valence-electron chi connectivity index (χ3n) is 1.87. The average molecular weight is 247 g/mol. The highest BCUT2D eigenvalue weighted by molar-refractivity contribution is 4.69. The van der Waals surface area contributed by atoms with Crippen molar-refractivity contribution in [1.82, 2.24) is 0 Å². The summed E-state index contributed by atoms with van der Waals surface area (Å²) in [6.45, 7) is -0.949. The molecule has 0 saturated carbocycles. The van der Waals surface area contributed by atoms with Crippen LogP contribution in [0.15, 0.2) is 0 Å². The Hall–Kier alpha value is -0.400. The van der Waals surface area contributed by atoms with Crippen LogP contribution in [0.2, 0.25) is 0 Å². The summed E-state index contributed by atoms with van der Waals surface area (Å²) in [5.41, 5.74) is 5.51. The lowest BCUT2D eigenvalue weighted by Crippen LogP contribution is -2.35. The molecule has 0 aliphatic carbocycles. The third kappa shape index (κ3) is 6.97. The molecule has 1 unspecified atom stereocenters. The van der Waals surface area contributed by atoms with E-state index in [-0.39, 0.29) is 6.61 Å². The highest BCUT2D eigenvalue weighted by atomic mass is 19.3. The standard InChI is InChI=1S/C9H17F4NO2/c1-15-4-2-3-7(14)5-16-6-9(12,13)8(10)11/h7-8H,2-6,14H2,1H3. The van der Waals surface area contributed by atoms with Crippen molar-refractivity contribution >= 4 is 0 Å². The summed E-state index contributed by atoms with van der Waals surface area (Å²) in [7, 11) is 1.53. The number of hydrogen-bond acceptors (Lipinski definition) is 3. The minimum Gasteiger partial charge on any atom is -0.385 e. The fraction of sp³-hybridized carbons (Fsp3) is 1.00. The van der Waals surface area contributed by atoms with E-state index in [9.17, 15) is 17.6 Å². The van der Waals surface area contributed by atoms with Crippen molar-refractivity contribution in [3.8, 4) is 0 Å². The highest BCUT2D eigenvalue weighted by Gasteiger charge is 2.40. The molecule has 98 valence electrons. The zero-order valence-electron chi connectivity index (χ0n) is 9.10. The van der Waals surface area contributed by atoms with E-state index in [4.69, 9.17) is 10.5 Å². The van der Waals surface area contributed by atoms with E-state index in [1.807, 2.05) is 0 Å². The molecule has 2 N–H and O–H groups in total. The van der Waals surface area contributed by atoms with Crippen molar-refractivity contribution in [1.29, 1.82) is 0 Å². The third-order valence-corrected chi connectivity index (χ3v) is 1.87. The molecule has 0 aliphatic heterocycles. The number of hydrogen-bond donors (Lipinski definition) is 1. The number of alkyl halides is 4. The molecular weight excluding hydrogens is 230 g/mol. The summed E-state index contributed by atoms with van der Waals surface area (Å²) in [6, 6.07) is -0.441. The van der Waals surface area contributed by atoms with Gasteiger partial charge in [-0.1, -0.05) is 0 Å². The lowest BCUT2D eigenvalue weighted by Gasteiger charge is -2.17. The van der Waals surface area contributed by atoms with Crippen molar-refractivity contribution in [3.63, 3.8) is 0 Å². The SMILES string of the molecule is COCCCC(N)COCC(F)(F)C(F)F. The lowest BCUT2D eigenvalue weighted by atomic mass is 10.2. The van der Waals surface area contributed by atoms with Gasteiger partial charge in [0.25, 0.3) is 0 Å². The highest BCUT2D eigenvalue weighted by Crippen LogP contribution is 2.22. The van der Waals surface area contributed by atoms with Gasteiger partial charge in [-0.05, 0) is 12.8 Å². The number of ether oxygens (including phenoxy) is 2. The molecule has 3 nitrogen and oxygen atoms in total. The van der Waals surface area contributed by atoms with E-state index < -0.39 is 25.0 Å². The molecular formula is C9H17F4NO2. The Morgan fingerprint density at radius 1 is 1.31 bits per heavy atom. The molecule has 0 aromatic heterocycles. The molecule has 0 saturated heterocycles. The fourth-order valence-corrected chi connectivity index (χ4v) is 0.983. The Balaban J connectivity index is 3.57. The Morgan fingerprint density at radius 3 is 2.44 bits per heavy atom. The van der Waals surface area contributed by atoms with Gasteiger partial charge in [-0.3, -0.25) is 0 Å². The second kappa shape index (κ2) is 7.81. The monoisotopic (exact) mass is 247 g/mol. The molecule has 0 bridgehead atoms. The largest absolute Gasteiger partial charge is 0.385 e. The summed E-state index contributed by atoms with van der Waals surface area (Å²) >= 11 is 0. The van der Waals surface area contributed by atoms with Gasteiger partial charge in [0.2, 0.25) is 0 Å². The van der Waals surface area contributed by atoms with Crippen molar-refractivity contribution in [2.75, 3.05) is 26.9 Å². The van der Waals surface area contributed by atoms with Gasteiger partial charge in [-0.2, -0.15) is 8.78 Å². The lowest BCUT2D eigenvalue weighted by molar-refractivity contribution is -0.166. The maximum Gasteiger partial charge on any atom is 0.330 e. The molecule has 0 fully saturated rings. The van der Waals surface area contributed by atoms with E-state index in [2.05, 4.69) is 4.74 Å². The number of nitrogens with two attached hydrogens (primary N) is 1. The predicted octanol–water partition coefficient (Wildman–Crippen LogP) is 1.66. The summed E-state index contributed by atoms with van der Waals surface area (Å²) < 4.78 is 57.4. The number of methoxy groups -OCH3 is 1. The smallest absolute Gasteiger partial charge is 0.330 e. The van der Waals surface area contributed by atoms with E-state index in [0.29, 0.717) is 19.4 Å². The van der Waals surface area contributed by atoms with E-state index in [0.717, 1.165) is 0 Å². The minimum atomic E-state index is -4.10. The Morgan fingerprint density at radius 2 is 1.94 bits per heavy atom. The molecule has 0 aromatic rings. The Bertz CT molecular complexity index is 181. The molecule has 0 aliphatic rings. The Labute approximate surface area is 91.9 Å². The van der Waals surface area contributed by atoms with E-state index in [1.54, 1.807) is 0 Å². The van der Waals surface area contributed by atoms with Crippen LogP contribution in [0.1, 0.15) is 12.8 Å². The summed E-state index contributed by atoms with van der Waals surface area (Å²) in [5.74, 6) is -4.10. The normalized spacial score (nSPS) is 14.4. The first-order valence-corrected chi connectivity index (χ1v) is 4.88. The van der Waals surface area contributed by atoms with Crippen LogP contribution in [0.25, 0.3) is 0 Å². The van der Waals surface area contributed by atoms with Crippen LogP contribution in [-0.2, 0) is 9.47 Å². The van der Waals surface area contributed by atoms with Gasteiger partial charge in [0.15, 0.2) is 0 Å². The van der Waals surface area contributed by atoms with Crippen molar-refractivity contribution < 1.29 is 27.0 Å². The predicted molar refractivity (Wildman–Crippen MR) is 50.9 cm³/mol. The van der Waals surface area contributed by atoms with Crippen LogP contribution in [0, 0.1) is 0 Å². The van der Waals surface area contributed by atoms with Gasteiger partial charge in [0, 0.05) is 19.8 Å². The fourth-order valence-electron chi connectivity index (χ4n) is 0.983. The average Bonchev–Trinajstić information content (AvgIpc) is 2.17. The molecule has 16 heavy (non-hydrogen) atoms. The molecule has 0 aromatic carbocycles. The van der Waals surface area contributed by atoms with E-state index in [1.165, 1.54) is 7.11 Å². The zero-order valence-corrected chi connectivity index (χ0v) is 9.10. The minimum absolute atomic E-state index is 0.161. The van der Waals surface area contributed by atoms with Crippen molar-refractivity contribution in [2.45, 2.75) is 31.2 Å². The van der Waals surface area contributed by atoms with Crippen LogP contribution >= 0.6 is 0 Å². The molecule has 1 atom stereocenters. The second-order valence-electron chi connectivity index (χ2n) is 3.47. The van der Waals surface area contributed by atoms with Crippen LogP contribution in [0.5, 0.6) is 0 Å². The molecule has 0 amide bonds. The van der Waals surface area contributed by atoms with Gasteiger partial charge >= 0.3 is 12.3 Å². The quantitative estimate of drug-likeness (QED) is 0.498. The Kier molecular flexibility index (Phi) is 7.61.